The maximum Gasteiger partial charge on any atom is 0.146 e. The fourth-order valence-electron chi connectivity index (χ4n) is 2.15. The normalized spacial score (nSPS) is 12.2. The van der Waals surface area contributed by atoms with Crippen molar-refractivity contribution in [1.82, 2.24) is 9.97 Å². The van der Waals surface area contributed by atoms with Crippen molar-refractivity contribution in [3.8, 4) is 0 Å². The molecule has 0 radical (unpaired) electrons. The van der Waals surface area contributed by atoms with Gasteiger partial charge in [-0.25, -0.2) is 14.4 Å². The van der Waals surface area contributed by atoms with Gasteiger partial charge in [-0.3, -0.25) is 0 Å². The number of aromatic nitrogens is 2. The lowest BCUT2D eigenvalue weighted by atomic mass is 10.1. The Labute approximate surface area is 112 Å². The van der Waals surface area contributed by atoms with Crippen LogP contribution in [-0.2, 0) is 0 Å². The van der Waals surface area contributed by atoms with Crippen LogP contribution in [0.25, 0.3) is 0 Å². The molecule has 0 fully saturated rings. The van der Waals surface area contributed by atoms with E-state index in [0.717, 1.165) is 5.69 Å². The first-order chi connectivity index (χ1) is 9.27. The minimum atomic E-state index is -0.253. The standard InChI is InChI=1S/C14H17FN4/c1-2-19(13-6-4-3-5-11(13)15)14(9-16)12-7-8-17-10-18-12/h3-8,10,14H,2,9,16H2,1H3. The maximum atomic E-state index is 13.9. The summed E-state index contributed by atoms with van der Waals surface area (Å²) in [6.07, 6.45) is 3.15. The molecule has 0 aliphatic heterocycles. The van der Waals surface area contributed by atoms with E-state index in [2.05, 4.69) is 9.97 Å². The zero-order valence-electron chi connectivity index (χ0n) is 10.8. The van der Waals surface area contributed by atoms with Gasteiger partial charge in [-0.2, -0.15) is 0 Å². The van der Waals surface area contributed by atoms with Crippen molar-refractivity contribution in [2.75, 3.05) is 18.0 Å². The highest BCUT2D eigenvalue weighted by Crippen LogP contribution is 2.27. The van der Waals surface area contributed by atoms with Gasteiger partial charge in [0.2, 0.25) is 0 Å². The smallest absolute Gasteiger partial charge is 0.146 e. The third-order valence-corrected chi connectivity index (χ3v) is 3.05. The number of benzene rings is 1. The summed E-state index contributed by atoms with van der Waals surface area (Å²) in [6, 6.07) is 8.34. The highest BCUT2D eigenvalue weighted by Gasteiger charge is 2.21. The molecule has 1 aromatic carbocycles. The summed E-state index contributed by atoms with van der Waals surface area (Å²) < 4.78 is 13.9. The Bertz CT molecular complexity index is 518. The zero-order valence-corrected chi connectivity index (χ0v) is 10.8. The van der Waals surface area contributed by atoms with Crippen molar-refractivity contribution in [2.24, 2.45) is 5.73 Å². The first kappa shape index (κ1) is 13.4. The monoisotopic (exact) mass is 260 g/mol. The predicted octanol–water partition coefficient (Wildman–Crippen LogP) is 2.14. The van der Waals surface area contributed by atoms with E-state index in [1.165, 1.54) is 12.4 Å². The van der Waals surface area contributed by atoms with E-state index >= 15 is 0 Å². The van der Waals surface area contributed by atoms with Crippen molar-refractivity contribution in [3.63, 3.8) is 0 Å². The molecule has 1 atom stereocenters. The quantitative estimate of drug-likeness (QED) is 0.895. The fourth-order valence-corrected chi connectivity index (χ4v) is 2.15. The number of hydrogen-bond donors (Lipinski definition) is 1. The Balaban J connectivity index is 2.38. The molecule has 0 aliphatic rings. The fraction of sp³-hybridized carbons (Fsp3) is 0.286. The molecule has 0 aliphatic carbocycles. The van der Waals surface area contributed by atoms with Gasteiger partial charge in [0.1, 0.15) is 12.1 Å². The number of hydrogen-bond acceptors (Lipinski definition) is 4. The number of nitrogens with zero attached hydrogens (tertiary/aromatic N) is 3. The molecular formula is C14H17FN4. The Kier molecular flexibility index (Phi) is 4.41. The highest BCUT2D eigenvalue weighted by atomic mass is 19.1. The lowest BCUT2D eigenvalue weighted by Crippen LogP contribution is -2.34. The van der Waals surface area contributed by atoms with Crippen LogP contribution in [0.15, 0.2) is 42.9 Å². The lowest BCUT2D eigenvalue weighted by molar-refractivity contribution is 0.581. The van der Waals surface area contributed by atoms with Crippen molar-refractivity contribution in [1.29, 1.82) is 0 Å². The molecular weight excluding hydrogens is 243 g/mol. The van der Waals surface area contributed by atoms with E-state index in [4.69, 9.17) is 5.73 Å². The number of para-hydroxylation sites is 1. The third-order valence-electron chi connectivity index (χ3n) is 3.05. The van der Waals surface area contributed by atoms with Gasteiger partial charge in [0.05, 0.1) is 17.4 Å². The lowest BCUT2D eigenvalue weighted by Gasteiger charge is -2.31. The number of rotatable bonds is 5. The summed E-state index contributed by atoms with van der Waals surface area (Å²) in [5.41, 5.74) is 7.18. The zero-order chi connectivity index (χ0) is 13.7. The van der Waals surface area contributed by atoms with Gasteiger partial charge in [-0.15, -0.1) is 0 Å². The van der Waals surface area contributed by atoms with Crippen LogP contribution in [0, 0.1) is 5.82 Å². The van der Waals surface area contributed by atoms with Gasteiger partial charge in [0.25, 0.3) is 0 Å². The first-order valence-electron chi connectivity index (χ1n) is 6.25. The van der Waals surface area contributed by atoms with Crippen LogP contribution in [0.1, 0.15) is 18.7 Å². The summed E-state index contributed by atoms with van der Waals surface area (Å²) in [5, 5.41) is 0. The number of nitrogens with two attached hydrogens (primary N) is 1. The number of anilines is 1. The predicted molar refractivity (Wildman–Crippen MR) is 73.2 cm³/mol. The molecule has 0 spiro atoms. The molecule has 4 nitrogen and oxygen atoms in total. The number of likely N-dealkylation sites (N-methyl/N-ethyl adjacent to an activating group) is 1. The van der Waals surface area contributed by atoms with Crippen LogP contribution < -0.4 is 10.6 Å². The molecule has 0 bridgehead atoms. The SMILES string of the molecule is CCN(c1ccccc1F)C(CN)c1ccncn1. The average Bonchev–Trinajstić information content (AvgIpc) is 2.46. The van der Waals surface area contributed by atoms with Crippen molar-refractivity contribution >= 4 is 5.69 Å². The molecule has 1 aromatic heterocycles. The molecule has 1 unspecified atom stereocenters. The van der Waals surface area contributed by atoms with Gasteiger partial charge < -0.3 is 10.6 Å². The van der Waals surface area contributed by atoms with Crippen LogP contribution in [0.3, 0.4) is 0 Å². The molecule has 2 aromatic rings. The van der Waals surface area contributed by atoms with Gasteiger partial charge in [-0.05, 0) is 25.1 Å². The van der Waals surface area contributed by atoms with Gasteiger partial charge in [0, 0.05) is 19.3 Å². The van der Waals surface area contributed by atoms with E-state index in [1.807, 2.05) is 17.9 Å². The average molecular weight is 260 g/mol. The third kappa shape index (κ3) is 2.88. The molecule has 5 heteroatoms. The molecule has 2 N–H and O–H groups in total. The topological polar surface area (TPSA) is 55.0 Å². The second-order valence-electron chi connectivity index (χ2n) is 4.12. The summed E-state index contributed by atoms with van der Waals surface area (Å²) >= 11 is 0. The van der Waals surface area contributed by atoms with E-state index in [0.29, 0.717) is 18.8 Å². The Morgan fingerprint density at radius 3 is 2.68 bits per heavy atom. The van der Waals surface area contributed by atoms with Crippen molar-refractivity contribution in [2.45, 2.75) is 13.0 Å². The molecule has 0 saturated heterocycles. The van der Waals surface area contributed by atoms with Crippen LogP contribution >= 0.6 is 0 Å². The van der Waals surface area contributed by atoms with Crippen LogP contribution in [-0.4, -0.2) is 23.1 Å². The van der Waals surface area contributed by atoms with E-state index in [9.17, 15) is 4.39 Å². The summed E-state index contributed by atoms with van der Waals surface area (Å²) in [6.45, 7) is 2.97. The summed E-state index contributed by atoms with van der Waals surface area (Å²) in [4.78, 5) is 10.0. The van der Waals surface area contributed by atoms with E-state index in [1.54, 1.807) is 24.4 Å². The second kappa shape index (κ2) is 6.24. The Hall–Kier alpha value is -2.01. The maximum absolute atomic E-state index is 13.9. The molecule has 0 saturated carbocycles. The number of halogens is 1. The summed E-state index contributed by atoms with van der Waals surface area (Å²) in [7, 11) is 0. The molecule has 1 heterocycles. The first-order valence-corrected chi connectivity index (χ1v) is 6.25. The second-order valence-corrected chi connectivity index (χ2v) is 4.12. The Morgan fingerprint density at radius 2 is 2.11 bits per heavy atom. The molecule has 100 valence electrons. The Morgan fingerprint density at radius 1 is 1.32 bits per heavy atom. The minimum Gasteiger partial charge on any atom is -0.360 e. The van der Waals surface area contributed by atoms with Crippen molar-refractivity contribution in [3.05, 3.63) is 54.4 Å². The van der Waals surface area contributed by atoms with Crippen molar-refractivity contribution < 1.29 is 4.39 Å². The molecule has 2 rings (SSSR count). The minimum absolute atomic E-state index is 0.162. The largest absolute Gasteiger partial charge is 0.360 e. The van der Waals surface area contributed by atoms with Crippen LogP contribution in [0.4, 0.5) is 10.1 Å². The van der Waals surface area contributed by atoms with Gasteiger partial charge >= 0.3 is 0 Å². The van der Waals surface area contributed by atoms with E-state index in [-0.39, 0.29) is 11.9 Å². The highest BCUT2D eigenvalue weighted by molar-refractivity contribution is 5.49. The molecule has 0 amide bonds. The summed E-state index contributed by atoms with van der Waals surface area (Å²) in [5.74, 6) is -0.253. The van der Waals surface area contributed by atoms with Crippen LogP contribution in [0.2, 0.25) is 0 Å². The molecule has 19 heavy (non-hydrogen) atoms. The van der Waals surface area contributed by atoms with Gasteiger partial charge in [-0.1, -0.05) is 12.1 Å². The van der Waals surface area contributed by atoms with Gasteiger partial charge in [0.15, 0.2) is 0 Å². The van der Waals surface area contributed by atoms with Crippen LogP contribution in [0.5, 0.6) is 0 Å². The van der Waals surface area contributed by atoms with E-state index < -0.39 is 0 Å².